The van der Waals surface area contributed by atoms with Crippen molar-refractivity contribution in [1.82, 2.24) is 0 Å². The van der Waals surface area contributed by atoms with Crippen molar-refractivity contribution in [2.45, 2.75) is 19.3 Å². The Balaban J connectivity index is 2.86. The Kier molecular flexibility index (Phi) is 4.32. The molecule has 1 rings (SSSR count). The number of benzene rings is 1. The fraction of sp³-hybridized carbons (Fsp3) is 0.455. The molecule has 0 aliphatic carbocycles. The van der Waals surface area contributed by atoms with Gasteiger partial charge < -0.3 is 5.73 Å². The number of anilines is 1. The number of rotatable bonds is 5. The van der Waals surface area contributed by atoms with Crippen molar-refractivity contribution in [3.8, 4) is 0 Å². The van der Waals surface area contributed by atoms with Crippen LogP contribution >= 0.6 is 0 Å². The molecule has 0 aromatic heterocycles. The number of nitrogens with two attached hydrogens (primary N) is 1. The normalized spacial score (nSPS) is 13.4. The Labute approximate surface area is 96.9 Å². The lowest BCUT2D eigenvalue weighted by Gasteiger charge is -2.12. The third-order valence-corrected chi connectivity index (χ3v) is 2.97. The molecule has 1 aromatic rings. The Morgan fingerprint density at radius 1 is 1.44 bits per heavy atom. The lowest BCUT2D eigenvalue weighted by atomic mass is 9.98. The van der Waals surface area contributed by atoms with Gasteiger partial charge in [0, 0.05) is 5.69 Å². The molecule has 0 spiro atoms. The van der Waals surface area contributed by atoms with Crippen molar-refractivity contribution < 1.29 is 8.42 Å². The average molecular weight is 242 g/mol. The smallest absolute Gasteiger partial charge is 0.229 e. The van der Waals surface area contributed by atoms with Crippen LogP contribution < -0.4 is 10.5 Å². The summed E-state index contributed by atoms with van der Waals surface area (Å²) >= 11 is 0. The molecule has 16 heavy (non-hydrogen) atoms. The SMILES string of the molecule is CC(CCN)c1cccc(NS(C)(=O)=O)c1. The standard InChI is InChI=1S/C11H18N2O2S/c1-9(6-7-12)10-4-3-5-11(8-10)13-16(2,14)15/h3-5,8-9,13H,6-7,12H2,1-2H3. The summed E-state index contributed by atoms with van der Waals surface area (Å²) in [6.45, 7) is 2.71. The number of nitrogens with one attached hydrogen (secondary N) is 1. The summed E-state index contributed by atoms with van der Waals surface area (Å²) in [4.78, 5) is 0. The highest BCUT2D eigenvalue weighted by molar-refractivity contribution is 7.92. The van der Waals surface area contributed by atoms with Gasteiger partial charge in [-0.05, 0) is 36.6 Å². The number of sulfonamides is 1. The van der Waals surface area contributed by atoms with Crippen molar-refractivity contribution in [3.63, 3.8) is 0 Å². The molecule has 0 radical (unpaired) electrons. The molecule has 0 bridgehead atoms. The van der Waals surface area contributed by atoms with E-state index in [1.807, 2.05) is 18.2 Å². The molecule has 0 heterocycles. The summed E-state index contributed by atoms with van der Waals surface area (Å²) in [5, 5.41) is 0. The zero-order valence-electron chi connectivity index (χ0n) is 9.60. The highest BCUT2D eigenvalue weighted by Gasteiger charge is 2.07. The van der Waals surface area contributed by atoms with E-state index in [0.717, 1.165) is 18.2 Å². The second kappa shape index (κ2) is 5.32. The van der Waals surface area contributed by atoms with E-state index in [9.17, 15) is 8.42 Å². The van der Waals surface area contributed by atoms with Crippen LogP contribution in [0.4, 0.5) is 5.69 Å². The van der Waals surface area contributed by atoms with Gasteiger partial charge in [-0.1, -0.05) is 19.1 Å². The van der Waals surface area contributed by atoms with Gasteiger partial charge in [0.15, 0.2) is 0 Å². The van der Waals surface area contributed by atoms with Crippen molar-refractivity contribution in [2.24, 2.45) is 5.73 Å². The number of hydrogen-bond acceptors (Lipinski definition) is 3. The van der Waals surface area contributed by atoms with Gasteiger partial charge in [-0.15, -0.1) is 0 Å². The van der Waals surface area contributed by atoms with Crippen molar-refractivity contribution in [2.75, 3.05) is 17.5 Å². The second-order valence-electron chi connectivity index (χ2n) is 3.98. The summed E-state index contributed by atoms with van der Waals surface area (Å²) in [5.74, 6) is 0.339. The summed E-state index contributed by atoms with van der Waals surface area (Å²) in [7, 11) is -3.21. The van der Waals surface area contributed by atoms with Crippen molar-refractivity contribution in [1.29, 1.82) is 0 Å². The monoisotopic (exact) mass is 242 g/mol. The third kappa shape index (κ3) is 4.20. The molecule has 0 amide bonds. The topological polar surface area (TPSA) is 72.2 Å². The molecule has 1 atom stereocenters. The zero-order chi connectivity index (χ0) is 12.2. The summed E-state index contributed by atoms with van der Waals surface area (Å²) in [6.07, 6.45) is 2.03. The Hall–Kier alpha value is -1.07. The molecule has 0 saturated carbocycles. The maximum atomic E-state index is 11.1. The van der Waals surface area contributed by atoms with E-state index in [4.69, 9.17) is 5.73 Å². The van der Waals surface area contributed by atoms with Gasteiger partial charge >= 0.3 is 0 Å². The fourth-order valence-corrected chi connectivity index (χ4v) is 2.09. The molecule has 0 aliphatic rings. The molecule has 5 heteroatoms. The first-order valence-corrected chi connectivity index (χ1v) is 7.09. The van der Waals surface area contributed by atoms with Crippen LogP contribution in [-0.4, -0.2) is 21.2 Å². The van der Waals surface area contributed by atoms with Gasteiger partial charge in [-0.25, -0.2) is 8.42 Å². The molecule has 1 unspecified atom stereocenters. The van der Waals surface area contributed by atoms with Crippen LogP contribution in [0.2, 0.25) is 0 Å². The third-order valence-electron chi connectivity index (χ3n) is 2.36. The molecule has 0 aliphatic heterocycles. The highest BCUT2D eigenvalue weighted by atomic mass is 32.2. The molecule has 1 aromatic carbocycles. The fourth-order valence-electron chi connectivity index (χ4n) is 1.54. The summed E-state index contributed by atoms with van der Waals surface area (Å²) in [5.41, 5.74) is 7.19. The molecule has 90 valence electrons. The van der Waals surface area contributed by atoms with Gasteiger partial charge in [0.2, 0.25) is 10.0 Å². The Morgan fingerprint density at radius 2 is 2.12 bits per heavy atom. The van der Waals surface area contributed by atoms with Gasteiger partial charge in [0.25, 0.3) is 0 Å². The van der Waals surface area contributed by atoms with Crippen LogP contribution in [0.1, 0.15) is 24.8 Å². The molecule has 4 nitrogen and oxygen atoms in total. The van der Waals surface area contributed by atoms with Crippen molar-refractivity contribution in [3.05, 3.63) is 29.8 Å². The van der Waals surface area contributed by atoms with E-state index in [0.29, 0.717) is 18.2 Å². The lowest BCUT2D eigenvalue weighted by Crippen LogP contribution is -2.10. The van der Waals surface area contributed by atoms with E-state index in [-0.39, 0.29) is 0 Å². The lowest BCUT2D eigenvalue weighted by molar-refractivity contribution is 0.607. The molecule has 3 N–H and O–H groups in total. The van der Waals surface area contributed by atoms with Crippen LogP contribution in [0.3, 0.4) is 0 Å². The minimum absolute atomic E-state index is 0.339. The van der Waals surface area contributed by atoms with E-state index in [1.54, 1.807) is 6.07 Å². The maximum absolute atomic E-state index is 11.1. The van der Waals surface area contributed by atoms with E-state index < -0.39 is 10.0 Å². The molecule has 0 saturated heterocycles. The molecular formula is C11H18N2O2S. The Morgan fingerprint density at radius 3 is 2.69 bits per heavy atom. The minimum Gasteiger partial charge on any atom is -0.330 e. The van der Waals surface area contributed by atoms with Gasteiger partial charge in [-0.3, -0.25) is 4.72 Å². The predicted octanol–water partition coefficient (Wildman–Crippen LogP) is 1.51. The molecular weight excluding hydrogens is 224 g/mol. The van der Waals surface area contributed by atoms with Crippen LogP contribution in [0.5, 0.6) is 0 Å². The van der Waals surface area contributed by atoms with Gasteiger partial charge in [0.1, 0.15) is 0 Å². The quantitative estimate of drug-likeness (QED) is 0.822. The first-order valence-electron chi connectivity index (χ1n) is 5.20. The predicted molar refractivity (Wildman–Crippen MR) is 67.0 cm³/mol. The van der Waals surface area contributed by atoms with Crippen molar-refractivity contribution >= 4 is 15.7 Å². The van der Waals surface area contributed by atoms with E-state index >= 15 is 0 Å². The second-order valence-corrected chi connectivity index (χ2v) is 5.73. The van der Waals surface area contributed by atoms with Crippen LogP contribution in [0.25, 0.3) is 0 Å². The largest absolute Gasteiger partial charge is 0.330 e. The maximum Gasteiger partial charge on any atom is 0.229 e. The minimum atomic E-state index is -3.21. The van der Waals surface area contributed by atoms with Gasteiger partial charge in [-0.2, -0.15) is 0 Å². The van der Waals surface area contributed by atoms with E-state index in [2.05, 4.69) is 11.6 Å². The highest BCUT2D eigenvalue weighted by Crippen LogP contribution is 2.21. The van der Waals surface area contributed by atoms with Crippen LogP contribution in [0.15, 0.2) is 24.3 Å². The van der Waals surface area contributed by atoms with E-state index in [1.165, 1.54) is 0 Å². The number of hydrogen-bond donors (Lipinski definition) is 2. The Bertz CT molecular complexity index is 443. The van der Waals surface area contributed by atoms with Crippen LogP contribution in [0, 0.1) is 0 Å². The average Bonchev–Trinajstić information content (AvgIpc) is 2.16. The zero-order valence-corrected chi connectivity index (χ0v) is 10.4. The van der Waals surface area contributed by atoms with Gasteiger partial charge in [0.05, 0.1) is 6.26 Å². The summed E-state index contributed by atoms with van der Waals surface area (Å²) < 4.78 is 24.6. The summed E-state index contributed by atoms with van der Waals surface area (Å²) in [6, 6.07) is 7.41. The first-order chi connectivity index (χ1) is 7.42. The first kappa shape index (κ1) is 13.0. The van der Waals surface area contributed by atoms with Crippen LogP contribution in [-0.2, 0) is 10.0 Å². The molecule has 0 fully saturated rings.